The first-order chi connectivity index (χ1) is 14.4. The fourth-order valence-electron chi connectivity index (χ4n) is 2.13. The third-order valence-corrected chi connectivity index (χ3v) is 4.27. The molecule has 1 aromatic heterocycles. The number of nitrogens with one attached hydrogen (secondary N) is 3. The van der Waals surface area contributed by atoms with E-state index in [0.29, 0.717) is 5.02 Å². The first-order valence-corrected chi connectivity index (χ1v) is 9.51. The number of aliphatic imine (C=N–C) groups is 1. The van der Waals surface area contributed by atoms with Gasteiger partial charge in [-0.05, 0) is 43.3 Å². The van der Waals surface area contributed by atoms with Gasteiger partial charge in [-0.25, -0.2) is 9.98 Å². The van der Waals surface area contributed by atoms with Crippen LogP contribution in [0.4, 0.5) is 18.9 Å². The van der Waals surface area contributed by atoms with E-state index in [9.17, 15) is 18.0 Å². The van der Waals surface area contributed by atoms with Crippen LogP contribution in [-0.4, -0.2) is 27.3 Å². The number of carbonyl (C=O) groups excluding carboxylic acids is 1. The Balaban J connectivity index is 2.26. The minimum absolute atomic E-state index is 0.0862. The summed E-state index contributed by atoms with van der Waals surface area (Å²) in [6.07, 6.45) is -3.34. The molecule has 3 N–H and O–H groups in total. The van der Waals surface area contributed by atoms with Crippen molar-refractivity contribution >= 4 is 52.4 Å². The van der Waals surface area contributed by atoms with Crippen molar-refractivity contribution in [1.29, 1.82) is 5.26 Å². The lowest BCUT2D eigenvalue weighted by Crippen LogP contribution is -2.45. The van der Waals surface area contributed by atoms with E-state index in [1.807, 2.05) is 0 Å². The summed E-state index contributed by atoms with van der Waals surface area (Å²) in [6.45, 7) is 1.36. The number of guanidine groups is 1. The van der Waals surface area contributed by atoms with Gasteiger partial charge >= 0.3 is 6.18 Å². The van der Waals surface area contributed by atoms with Crippen molar-refractivity contribution in [1.82, 2.24) is 15.6 Å². The van der Waals surface area contributed by atoms with Gasteiger partial charge in [-0.15, -0.1) is 0 Å². The molecule has 0 saturated carbocycles. The Morgan fingerprint density at radius 1 is 1.19 bits per heavy atom. The lowest BCUT2D eigenvalue weighted by atomic mass is 10.2. The maximum Gasteiger partial charge on any atom is 0.433 e. The Hall–Kier alpha value is -2.74. The number of benzene rings is 1. The number of halogens is 6. The molecule has 1 atom stereocenters. The first kappa shape index (κ1) is 24.5. The molecule has 31 heavy (non-hydrogen) atoms. The number of nitrogens with zero attached hydrogens (tertiary/aromatic N) is 3. The molecule has 1 amide bonds. The summed E-state index contributed by atoms with van der Waals surface area (Å²) < 4.78 is 36.3. The summed E-state index contributed by atoms with van der Waals surface area (Å²) >= 11 is 18.0. The van der Waals surface area contributed by atoms with Crippen LogP contribution in [0.25, 0.3) is 0 Å². The van der Waals surface area contributed by atoms with Crippen molar-refractivity contribution in [3.05, 3.63) is 58.9 Å². The number of alkyl halides is 5. The number of rotatable bonds is 5. The second kappa shape index (κ2) is 10.0. The minimum Gasteiger partial charge on any atom is -0.328 e. The van der Waals surface area contributed by atoms with Crippen LogP contribution < -0.4 is 16.0 Å². The number of nitriles is 1. The van der Waals surface area contributed by atoms with Crippen molar-refractivity contribution < 1.29 is 18.0 Å². The highest BCUT2D eigenvalue weighted by Crippen LogP contribution is 2.28. The number of amides is 1. The van der Waals surface area contributed by atoms with Gasteiger partial charge in [-0.1, -0.05) is 34.8 Å². The molecule has 2 aromatic rings. The summed E-state index contributed by atoms with van der Waals surface area (Å²) in [5, 5.41) is 16.7. The maximum absolute atomic E-state index is 12.7. The number of anilines is 1. The molecule has 0 fully saturated rings. The predicted octanol–water partition coefficient (Wildman–Crippen LogP) is 4.54. The highest BCUT2D eigenvalue weighted by molar-refractivity contribution is 6.48. The topological polar surface area (TPSA) is 102 Å². The lowest BCUT2D eigenvalue weighted by molar-refractivity contribution is -0.141. The Labute approximate surface area is 190 Å². The molecule has 0 bridgehead atoms. The molecule has 7 nitrogen and oxygen atoms in total. The number of aromatic nitrogens is 1. The molecule has 0 aliphatic heterocycles. The van der Waals surface area contributed by atoms with Gasteiger partial charge in [0.05, 0.1) is 11.9 Å². The predicted molar refractivity (Wildman–Crippen MR) is 112 cm³/mol. The fraction of sp³-hybridized carbons (Fsp3) is 0.222. The summed E-state index contributed by atoms with van der Waals surface area (Å²) in [5.74, 6) is -0.816. The number of pyridine rings is 1. The van der Waals surface area contributed by atoms with E-state index >= 15 is 0 Å². The zero-order valence-electron chi connectivity index (χ0n) is 15.6. The van der Waals surface area contributed by atoms with Crippen molar-refractivity contribution in [2.75, 3.05) is 5.32 Å². The van der Waals surface area contributed by atoms with Gasteiger partial charge in [0.1, 0.15) is 5.69 Å². The van der Waals surface area contributed by atoms with E-state index < -0.39 is 28.3 Å². The highest BCUT2D eigenvalue weighted by Gasteiger charge is 2.33. The van der Waals surface area contributed by atoms with Gasteiger partial charge in [0.15, 0.2) is 16.7 Å². The third-order valence-electron chi connectivity index (χ3n) is 3.60. The van der Waals surface area contributed by atoms with E-state index in [0.717, 1.165) is 18.3 Å². The molecule has 1 unspecified atom stereocenters. The Morgan fingerprint density at radius 3 is 2.32 bits per heavy atom. The highest BCUT2D eigenvalue weighted by atomic mass is 35.5. The van der Waals surface area contributed by atoms with Crippen LogP contribution in [0.15, 0.2) is 47.6 Å². The number of hydrogen-bond donors (Lipinski definition) is 3. The van der Waals surface area contributed by atoms with Crippen molar-refractivity contribution in [2.45, 2.75) is 23.6 Å². The average molecular weight is 494 g/mol. The smallest absolute Gasteiger partial charge is 0.328 e. The van der Waals surface area contributed by atoms with E-state index in [1.54, 1.807) is 6.19 Å². The zero-order chi connectivity index (χ0) is 23.2. The van der Waals surface area contributed by atoms with Gasteiger partial charge in [0.2, 0.25) is 5.96 Å². The maximum atomic E-state index is 12.7. The summed E-state index contributed by atoms with van der Waals surface area (Å²) in [5.41, 5.74) is -0.757. The minimum atomic E-state index is -4.60. The van der Waals surface area contributed by atoms with Crippen LogP contribution in [0.1, 0.15) is 23.0 Å². The van der Waals surface area contributed by atoms with Crippen LogP contribution in [0.5, 0.6) is 0 Å². The van der Waals surface area contributed by atoms with E-state index in [4.69, 9.17) is 40.1 Å². The number of hydrogen-bond acceptors (Lipinski definition) is 4. The third kappa shape index (κ3) is 7.47. The molecule has 164 valence electrons. The van der Waals surface area contributed by atoms with Crippen LogP contribution in [0.2, 0.25) is 5.02 Å². The van der Waals surface area contributed by atoms with Crippen molar-refractivity contribution in [2.24, 2.45) is 4.99 Å². The van der Waals surface area contributed by atoms with Gasteiger partial charge in [-0.3, -0.25) is 10.1 Å². The molecule has 13 heteroatoms. The molecule has 2 rings (SSSR count). The summed E-state index contributed by atoms with van der Waals surface area (Å²) in [4.78, 5) is 19.9. The van der Waals surface area contributed by atoms with Crippen LogP contribution in [-0.2, 0) is 6.18 Å². The van der Waals surface area contributed by atoms with Crippen LogP contribution >= 0.6 is 34.8 Å². The van der Waals surface area contributed by atoms with Crippen LogP contribution in [0, 0.1) is 11.5 Å². The largest absolute Gasteiger partial charge is 0.433 e. The molecule has 0 saturated heterocycles. The first-order valence-electron chi connectivity index (χ1n) is 8.37. The molecule has 0 aliphatic carbocycles. The van der Waals surface area contributed by atoms with Crippen molar-refractivity contribution in [3.63, 3.8) is 0 Å². The van der Waals surface area contributed by atoms with Gasteiger partial charge in [-0.2, -0.15) is 18.4 Å². The molecule has 0 spiro atoms. The molecule has 1 heterocycles. The molecule has 1 aromatic carbocycles. The van der Waals surface area contributed by atoms with E-state index in [2.05, 4.69) is 25.9 Å². The second-order valence-electron chi connectivity index (χ2n) is 6.11. The molecular formula is C18H14Cl3F3N6O. The SMILES string of the molecule is CC(Cl)(Cl)C(/N=C(/NC#N)Nc1ccc(C(F)(F)F)nc1)NC(=O)c1ccc(Cl)cc1. The second-order valence-corrected chi connectivity index (χ2v) is 8.31. The average Bonchev–Trinajstić information content (AvgIpc) is 2.67. The normalized spacial score (nSPS) is 13.2. The Morgan fingerprint density at radius 2 is 1.84 bits per heavy atom. The molecular weight excluding hydrogens is 480 g/mol. The monoisotopic (exact) mass is 492 g/mol. The Bertz CT molecular complexity index is 983. The van der Waals surface area contributed by atoms with Crippen LogP contribution in [0.3, 0.4) is 0 Å². The van der Waals surface area contributed by atoms with Gasteiger partial charge in [0.25, 0.3) is 5.91 Å². The standard InChI is InChI=1S/C18H14Cl3F3N6O/c1-17(20,21)15(29-14(31)10-2-4-11(19)5-3-10)30-16(27-9-25)28-12-6-7-13(26-8-12)18(22,23)24/h2-8,15H,1H3,(H,29,31)(H2,27,28,30). The Kier molecular flexibility index (Phi) is 7.95. The summed E-state index contributed by atoms with van der Waals surface area (Å²) in [6, 6.07) is 7.80. The quantitative estimate of drug-likeness (QED) is 0.187. The van der Waals surface area contributed by atoms with Crippen molar-refractivity contribution in [3.8, 4) is 6.19 Å². The summed E-state index contributed by atoms with van der Waals surface area (Å²) in [7, 11) is 0. The number of carbonyl (C=O) groups is 1. The zero-order valence-corrected chi connectivity index (χ0v) is 17.9. The van der Waals surface area contributed by atoms with Gasteiger partial charge < -0.3 is 10.6 Å². The molecule has 0 aliphatic rings. The molecule has 0 radical (unpaired) electrons. The lowest BCUT2D eigenvalue weighted by Gasteiger charge is -2.25. The van der Waals surface area contributed by atoms with Gasteiger partial charge in [0, 0.05) is 10.6 Å². The fourth-order valence-corrected chi connectivity index (χ4v) is 2.46. The van der Waals surface area contributed by atoms with E-state index in [1.165, 1.54) is 31.2 Å². The van der Waals surface area contributed by atoms with E-state index in [-0.39, 0.29) is 17.2 Å².